The van der Waals surface area contributed by atoms with Gasteiger partial charge in [0, 0.05) is 29.4 Å². The van der Waals surface area contributed by atoms with Crippen molar-refractivity contribution < 1.29 is 9.32 Å². The van der Waals surface area contributed by atoms with E-state index in [1.165, 1.54) is 0 Å². The topological polar surface area (TPSA) is 72.4 Å². The number of imidazole rings is 1. The first-order valence-corrected chi connectivity index (χ1v) is 8.35. The molecule has 0 atom stereocenters. The van der Waals surface area contributed by atoms with Gasteiger partial charge in [-0.05, 0) is 0 Å². The number of carbonyl (C=O) groups excluding carboxylic acids is 1. The van der Waals surface area contributed by atoms with E-state index >= 15 is 0 Å². The molecule has 7 heteroatoms. The third kappa shape index (κ3) is 3.07. The highest BCUT2D eigenvalue weighted by Gasteiger charge is 2.10. The number of fused-ring (bicyclic) bond motifs is 1. The zero-order valence-corrected chi connectivity index (χ0v) is 13.5. The number of hydrogen-bond donors (Lipinski definition) is 1. The normalized spacial score (nSPS) is 11.0. The van der Waals surface area contributed by atoms with Crippen molar-refractivity contribution >= 4 is 22.2 Å². The number of amides is 1. The summed E-state index contributed by atoms with van der Waals surface area (Å²) in [7, 11) is 0. The molecule has 0 aliphatic heterocycles. The molecule has 0 radical (unpaired) electrons. The van der Waals surface area contributed by atoms with E-state index in [1.807, 2.05) is 58.6 Å². The van der Waals surface area contributed by atoms with Crippen molar-refractivity contribution in [3.05, 3.63) is 65.6 Å². The molecule has 120 valence electrons. The van der Waals surface area contributed by atoms with Gasteiger partial charge in [0.1, 0.15) is 5.69 Å². The van der Waals surface area contributed by atoms with Gasteiger partial charge >= 0.3 is 0 Å². The first kappa shape index (κ1) is 14.6. The lowest BCUT2D eigenvalue weighted by atomic mass is 10.1. The molecule has 4 rings (SSSR count). The molecule has 0 spiro atoms. The maximum Gasteiger partial charge on any atom is 0.226 e. The van der Waals surface area contributed by atoms with Crippen molar-refractivity contribution in [2.24, 2.45) is 0 Å². The van der Waals surface area contributed by atoms with Crippen LogP contribution in [-0.2, 0) is 17.8 Å². The first-order valence-electron chi connectivity index (χ1n) is 7.47. The Morgan fingerprint density at radius 3 is 3.00 bits per heavy atom. The predicted molar refractivity (Wildman–Crippen MR) is 90.6 cm³/mol. The molecule has 0 bridgehead atoms. The predicted octanol–water partition coefficient (Wildman–Crippen LogP) is 2.91. The second-order valence-corrected chi connectivity index (χ2v) is 6.20. The van der Waals surface area contributed by atoms with Crippen molar-refractivity contribution in [1.82, 2.24) is 19.9 Å². The van der Waals surface area contributed by atoms with E-state index in [9.17, 15) is 4.79 Å². The van der Waals surface area contributed by atoms with Crippen molar-refractivity contribution in [2.75, 3.05) is 0 Å². The summed E-state index contributed by atoms with van der Waals surface area (Å²) in [6.07, 6.45) is 4.04. The molecule has 0 unspecified atom stereocenters. The summed E-state index contributed by atoms with van der Waals surface area (Å²) in [6.45, 7) is 0.306. The van der Waals surface area contributed by atoms with Crippen molar-refractivity contribution in [1.29, 1.82) is 0 Å². The summed E-state index contributed by atoms with van der Waals surface area (Å²) >= 11 is 1.54. The fourth-order valence-electron chi connectivity index (χ4n) is 2.42. The number of rotatable bonds is 5. The van der Waals surface area contributed by atoms with Crippen LogP contribution in [-0.4, -0.2) is 20.4 Å². The molecule has 0 aliphatic carbocycles. The van der Waals surface area contributed by atoms with Crippen LogP contribution in [0.25, 0.3) is 16.2 Å². The quantitative estimate of drug-likeness (QED) is 0.607. The number of thiazole rings is 1. The maximum absolute atomic E-state index is 12.0. The SMILES string of the molecule is O=C(Cc1cn2ccsc2n1)NCc1cc(-c2ccccc2)no1. The number of hydrogen-bond acceptors (Lipinski definition) is 5. The number of nitrogens with one attached hydrogen (secondary N) is 1. The van der Waals surface area contributed by atoms with Crippen LogP contribution in [0.4, 0.5) is 0 Å². The highest BCUT2D eigenvalue weighted by Crippen LogP contribution is 2.18. The van der Waals surface area contributed by atoms with Crippen LogP contribution in [0.2, 0.25) is 0 Å². The summed E-state index contributed by atoms with van der Waals surface area (Å²) in [4.78, 5) is 17.3. The summed E-state index contributed by atoms with van der Waals surface area (Å²) < 4.78 is 7.19. The zero-order chi connectivity index (χ0) is 16.4. The Hall–Kier alpha value is -2.93. The van der Waals surface area contributed by atoms with E-state index in [2.05, 4.69) is 15.5 Å². The summed E-state index contributed by atoms with van der Waals surface area (Å²) in [5, 5.41) is 8.82. The third-order valence-electron chi connectivity index (χ3n) is 3.57. The largest absolute Gasteiger partial charge is 0.359 e. The summed E-state index contributed by atoms with van der Waals surface area (Å²) in [6, 6.07) is 11.6. The lowest BCUT2D eigenvalue weighted by Crippen LogP contribution is -2.24. The lowest BCUT2D eigenvalue weighted by Gasteiger charge is -2.00. The van der Waals surface area contributed by atoms with E-state index < -0.39 is 0 Å². The number of carbonyl (C=O) groups is 1. The smallest absolute Gasteiger partial charge is 0.226 e. The lowest BCUT2D eigenvalue weighted by molar-refractivity contribution is -0.120. The van der Waals surface area contributed by atoms with Gasteiger partial charge in [0.05, 0.1) is 18.7 Å². The van der Waals surface area contributed by atoms with Gasteiger partial charge in [-0.25, -0.2) is 4.98 Å². The van der Waals surface area contributed by atoms with E-state index in [-0.39, 0.29) is 12.3 Å². The van der Waals surface area contributed by atoms with E-state index in [0.29, 0.717) is 12.3 Å². The van der Waals surface area contributed by atoms with E-state index in [4.69, 9.17) is 4.52 Å². The van der Waals surface area contributed by atoms with Gasteiger partial charge in [-0.15, -0.1) is 11.3 Å². The Morgan fingerprint density at radius 1 is 1.29 bits per heavy atom. The average molecular weight is 338 g/mol. The van der Waals surface area contributed by atoms with Gasteiger partial charge in [0.25, 0.3) is 0 Å². The standard InChI is InChI=1S/C17H14N4O2S/c22-16(8-13-11-21-6-7-24-17(21)19-13)18-10-14-9-15(20-23-14)12-4-2-1-3-5-12/h1-7,9,11H,8,10H2,(H,18,22). The van der Waals surface area contributed by atoms with Crippen LogP contribution in [0.5, 0.6) is 0 Å². The third-order valence-corrected chi connectivity index (χ3v) is 4.34. The van der Waals surface area contributed by atoms with Crippen molar-refractivity contribution in [3.8, 4) is 11.3 Å². The van der Waals surface area contributed by atoms with Crippen molar-refractivity contribution in [2.45, 2.75) is 13.0 Å². The molecule has 3 aromatic heterocycles. The molecule has 1 amide bonds. The average Bonchev–Trinajstić information content (AvgIpc) is 3.29. The Labute approximate surface area is 141 Å². The van der Waals surface area contributed by atoms with Crippen LogP contribution < -0.4 is 5.32 Å². The van der Waals surface area contributed by atoms with Crippen molar-refractivity contribution in [3.63, 3.8) is 0 Å². The molecule has 0 saturated heterocycles. The molecule has 6 nitrogen and oxygen atoms in total. The molecule has 1 N–H and O–H groups in total. The molecule has 1 aromatic carbocycles. The minimum absolute atomic E-state index is 0.0987. The Bertz CT molecular complexity index is 942. The number of nitrogens with zero attached hydrogens (tertiary/aromatic N) is 3. The highest BCUT2D eigenvalue weighted by atomic mass is 32.1. The van der Waals surface area contributed by atoms with Crippen LogP contribution in [0.3, 0.4) is 0 Å². The Balaban J connectivity index is 1.35. The van der Waals surface area contributed by atoms with Gasteiger partial charge in [-0.1, -0.05) is 35.5 Å². The first-order chi connectivity index (χ1) is 11.8. The fraction of sp³-hybridized carbons (Fsp3) is 0.118. The Kier molecular flexibility index (Phi) is 3.84. The van der Waals surface area contributed by atoms with Gasteiger partial charge in [0.2, 0.25) is 5.91 Å². The summed E-state index contributed by atoms with van der Waals surface area (Å²) in [5.74, 6) is 0.520. The fourth-order valence-corrected chi connectivity index (χ4v) is 3.13. The van der Waals surface area contributed by atoms with Gasteiger partial charge in [0.15, 0.2) is 10.7 Å². The van der Waals surface area contributed by atoms with Crippen LogP contribution in [0, 0.1) is 0 Å². The minimum atomic E-state index is -0.0987. The molecular formula is C17H14N4O2S. The Morgan fingerprint density at radius 2 is 2.17 bits per heavy atom. The van der Waals surface area contributed by atoms with Crippen LogP contribution >= 0.6 is 11.3 Å². The second kappa shape index (κ2) is 6.29. The molecular weight excluding hydrogens is 324 g/mol. The monoisotopic (exact) mass is 338 g/mol. The molecule has 0 aliphatic rings. The molecule has 0 saturated carbocycles. The molecule has 24 heavy (non-hydrogen) atoms. The van der Waals surface area contributed by atoms with Crippen LogP contribution in [0.1, 0.15) is 11.5 Å². The van der Waals surface area contributed by atoms with Gasteiger partial charge in [-0.3, -0.25) is 9.20 Å². The summed E-state index contributed by atoms with van der Waals surface area (Å²) in [5.41, 5.74) is 2.49. The van der Waals surface area contributed by atoms with Crippen LogP contribution in [0.15, 0.2) is 58.7 Å². The zero-order valence-electron chi connectivity index (χ0n) is 12.7. The maximum atomic E-state index is 12.0. The van der Waals surface area contributed by atoms with E-state index in [1.54, 1.807) is 11.3 Å². The second-order valence-electron chi connectivity index (χ2n) is 5.32. The van der Waals surface area contributed by atoms with E-state index in [0.717, 1.165) is 21.9 Å². The number of aromatic nitrogens is 3. The molecule has 0 fully saturated rings. The number of benzene rings is 1. The van der Waals surface area contributed by atoms with Gasteiger partial charge < -0.3 is 9.84 Å². The highest BCUT2D eigenvalue weighted by molar-refractivity contribution is 7.15. The van der Waals surface area contributed by atoms with Gasteiger partial charge in [-0.2, -0.15) is 0 Å². The molecule has 3 heterocycles. The minimum Gasteiger partial charge on any atom is -0.359 e. The molecule has 4 aromatic rings.